The highest BCUT2D eigenvalue weighted by Crippen LogP contribution is 2.36. The molecule has 0 saturated heterocycles. The number of phenolic OH excluding ortho intramolecular Hbond substituents is 2. The van der Waals surface area contributed by atoms with Crippen molar-refractivity contribution in [2.75, 3.05) is 0 Å². The number of phenols is 2. The van der Waals surface area contributed by atoms with Crippen LogP contribution in [0.4, 0.5) is 0 Å². The number of benzene rings is 1. The maximum atomic E-state index is 9.47. The van der Waals surface area contributed by atoms with Gasteiger partial charge in [0.1, 0.15) is 11.5 Å². The van der Waals surface area contributed by atoms with Gasteiger partial charge >= 0.3 is 0 Å². The minimum atomic E-state index is -0.227. The maximum Gasteiger partial charge on any atom is 0.123 e. The molecular formula is C10H14O2. The van der Waals surface area contributed by atoms with Crippen LogP contribution in [0.2, 0.25) is 0 Å². The van der Waals surface area contributed by atoms with Crippen molar-refractivity contribution in [3.63, 3.8) is 0 Å². The van der Waals surface area contributed by atoms with Crippen LogP contribution >= 0.6 is 0 Å². The highest BCUT2D eigenvalue weighted by Gasteiger charge is 2.21. The lowest BCUT2D eigenvalue weighted by Gasteiger charge is -2.21. The van der Waals surface area contributed by atoms with Gasteiger partial charge in [-0.1, -0.05) is 26.8 Å². The van der Waals surface area contributed by atoms with Crippen LogP contribution in [0.15, 0.2) is 18.2 Å². The first-order chi connectivity index (χ1) is 5.43. The van der Waals surface area contributed by atoms with E-state index < -0.39 is 0 Å². The van der Waals surface area contributed by atoms with E-state index in [2.05, 4.69) is 0 Å². The SMILES string of the molecule is CC(C)(C)c1c(O)cccc1O. The summed E-state index contributed by atoms with van der Waals surface area (Å²) in [5, 5.41) is 18.9. The Morgan fingerprint density at radius 1 is 1.00 bits per heavy atom. The van der Waals surface area contributed by atoms with Crippen molar-refractivity contribution in [2.24, 2.45) is 0 Å². The van der Waals surface area contributed by atoms with E-state index in [1.807, 2.05) is 20.8 Å². The smallest absolute Gasteiger partial charge is 0.123 e. The minimum Gasteiger partial charge on any atom is -0.508 e. The molecule has 1 aromatic rings. The van der Waals surface area contributed by atoms with Gasteiger partial charge < -0.3 is 10.2 Å². The summed E-state index contributed by atoms with van der Waals surface area (Å²) >= 11 is 0. The van der Waals surface area contributed by atoms with Gasteiger partial charge in [-0.3, -0.25) is 0 Å². The second kappa shape index (κ2) is 2.70. The third-order valence-corrected chi connectivity index (χ3v) is 1.77. The van der Waals surface area contributed by atoms with Crippen LogP contribution in [0.3, 0.4) is 0 Å². The number of hydrogen-bond acceptors (Lipinski definition) is 2. The Morgan fingerprint density at radius 2 is 1.42 bits per heavy atom. The molecule has 2 nitrogen and oxygen atoms in total. The molecule has 0 spiro atoms. The molecule has 0 atom stereocenters. The molecule has 1 rings (SSSR count). The number of hydrogen-bond donors (Lipinski definition) is 2. The Labute approximate surface area is 72.5 Å². The van der Waals surface area contributed by atoms with Crippen LogP contribution in [0.25, 0.3) is 0 Å². The molecule has 0 radical (unpaired) electrons. The van der Waals surface area contributed by atoms with Crippen molar-refractivity contribution in [3.05, 3.63) is 23.8 Å². The largest absolute Gasteiger partial charge is 0.508 e. The first-order valence-electron chi connectivity index (χ1n) is 3.94. The van der Waals surface area contributed by atoms with E-state index in [0.717, 1.165) is 0 Å². The van der Waals surface area contributed by atoms with Gasteiger partial charge in [0.2, 0.25) is 0 Å². The molecule has 0 heterocycles. The molecule has 0 aromatic heterocycles. The molecule has 0 bridgehead atoms. The van der Waals surface area contributed by atoms with Crippen LogP contribution in [0.5, 0.6) is 11.5 Å². The van der Waals surface area contributed by atoms with Gasteiger partial charge in [-0.15, -0.1) is 0 Å². The van der Waals surface area contributed by atoms with Crippen LogP contribution in [-0.2, 0) is 5.41 Å². The third kappa shape index (κ3) is 1.52. The van der Waals surface area contributed by atoms with E-state index in [4.69, 9.17) is 0 Å². The molecule has 0 aliphatic rings. The zero-order chi connectivity index (χ0) is 9.35. The first-order valence-corrected chi connectivity index (χ1v) is 3.94. The van der Waals surface area contributed by atoms with E-state index in [1.165, 1.54) is 0 Å². The number of aromatic hydroxyl groups is 2. The van der Waals surface area contributed by atoms with Gasteiger partial charge in [-0.2, -0.15) is 0 Å². The monoisotopic (exact) mass is 166 g/mol. The fraction of sp³-hybridized carbons (Fsp3) is 0.400. The normalized spacial score (nSPS) is 11.6. The van der Waals surface area contributed by atoms with Crippen LogP contribution < -0.4 is 0 Å². The second-order valence-corrected chi connectivity index (χ2v) is 3.92. The molecule has 0 fully saturated rings. The Balaban J connectivity index is 3.31. The average molecular weight is 166 g/mol. The molecule has 0 unspecified atom stereocenters. The van der Waals surface area contributed by atoms with Gasteiger partial charge in [0.05, 0.1) is 0 Å². The summed E-state index contributed by atoms with van der Waals surface area (Å²) in [6.45, 7) is 5.84. The summed E-state index contributed by atoms with van der Waals surface area (Å²) in [5.74, 6) is 0.310. The van der Waals surface area contributed by atoms with Crippen LogP contribution in [-0.4, -0.2) is 10.2 Å². The van der Waals surface area contributed by atoms with Crippen molar-refractivity contribution in [3.8, 4) is 11.5 Å². The van der Waals surface area contributed by atoms with Crippen molar-refractivity contribution < 1.29 is 10.2 Å². The van der Waals surface area contributed by atoms with Crippen LogP contribution in [0.1, 0.15) is 26.3 Å². The van der Waals surface area contributed by atoms with Gasteiger partial charge in [0.25, 0.3) is 0 Å². The van der Waals surface area contributed by atoms with E-state index in [1.54, 1.807) is 18.2 Å². The molecular weight excluding hydrogens is 152 g/mol. The fourth-order valence-electron chi connectivity index (χ4n) is 1.30. The third-order valence-electron chi connectivity index (χ3n) is 1.77. The molecule has 1 aromatic carbocycles. The minimum absolute atomic E-state index is 0.155. The van der Waals surface area contributed by atoms with Gasteiger partial charge in [-0.25, -0.2) is 0 Å². The molecule has 0 amide bonds. The van der Waals surface area contributed by atoms with E-state index >= 15 is 0 Å². The summed E-state index contributed by atoms with van der Waals surface area (Å²) in [7, 11) is 0. The van der Waals surface area contributed by atoms with Crippen molar-refractivity contribution in [2.45, 2.75) is 26.2 Å². The van der Waals surface area contributed by atoms with Crippen molar-refractivity contribution >= 4 is 0 Å². The Bertz CT molecular complexity index is 264. The van der Waals surface area contributed by atoms with Gasteiger partial charge in [0, 0.05) is 5.56 Å². The zero-order valence-corrected chi connectivity index (χ0v) is 7.63. The quantitative estimate of drug-likeness (QED) is 0.621. The topological polar surface area (TPSA) is 40.5 Å². The standard InChI is InChI=1S/C10H14O2/c1-10(2,3)9-7(11)5-4-6-8(9)12/h4-6,11-12H,1-3H3. The summed E-state index contributed by atoms with van der Waals surface area (Å²) in [6.07, 6.45) is 0. The lowest BCUT2D eigenvalue weighted by molar-refractivity contribution is 0.410. The predicted molar refractivity (Wildman–Crippen MR) is 48.5 cm³/mol. The first kappa shape index (κ1) is 8.91. The Morgan fingerprint density at radius 3 is 1.67 bits per heavy atom. The van der Waals surface area contributed by atoms with E-state index in [0.29, 0.717) is 5.56 Å². The summed E-state index contributed by atoms with van der Waals surface area (Å²) < 4.78 is 0. The zero-order valence-electron chi connectivity index (χ0n) is 7.63. The van der Waals surface area contributed by atoms with Crippen molar-refractivity contribution in [1.82, 2.24) is 0 Å². The number of rotatable bonds is 0. The molecule has 66 valence electrons. The van der Waals surface area contributed by atoms with E-state index in [9.17, 15) is 10.2 Å². The Kier molecular flexibility index (Phi) is 2.01. The lowest BCUT2D eigenvalue weighted by atomic mass is 9.85. The molecule has 0 saturated carbocycles. The lowest BCUT2D eigenvalue weighted by Crippen LogP contribution is -2.11. The summed E-state index contributed by atoms with van der Waals surface area (Å²) in [4.78, 5) is 0. The highest BCUT2D eigenvalue weighted by atomic mass is 16.3. The van der Waals surface area contributed by atoms with Crippen LogP contribution in [0, 0.1) is 0 Å². The molecule has 12 heavy (non-hydrogen) atoms. The Hall–Kier alpha value is -1.18. The average Bonchev–Trinajstić information content (AvgIpc) is 1.82. The maximum absolute atomic E-state index is 9.47. The molecule has 0 aliphatic heterocycles. The van der Waals surface area contributed by atoms with Gasteiger partial charge in [0.15, 0.2) is 0 Å². The molecule has 2 heteroatoms. The predicted octanol–water partition coefficient (Wildman–Crippen LogP) is 2.40. The van der Waals surface area contributed by atoms with Crippen molar-refractivity contribution in [1.29, 1.82) is 0 Å². The summed E-state index contributed by atoms with van der Waals surface area (Å²) in [6, 6.07) is 4.79. The highest BCUT2D eigenvalue weighted by molar-refractivity contribution is 5.47. The molecule has 0 aliphatic carbocycles. The molecule has 2 N–H and O–H groups in total. The second-order valence-electron chi connectivity index (χ2n) is 3.92. The summed E-state index contributed by atoms with van der Waals surface area (Å²) in [5.41, 5.74) is 0.375. The van der Waals surface area contributed by atoms with E-state index in [-0.39, 0.29) is 16.9 Å². The van der Waals surface area contributed by atoms with Gasteiger partial charge in [-0.05, 0) is 17.5 Å². The fourth-order valence-corrected chi connectivity index (χ4v) is 1.30.